The number of hydrogen-bond donors (Lipinski definition) is 1. The van der Waals surface area contributed by atoms with Crippen LogP contribution >= 0.6 is 11.3 Å². The molecule has 9 heteroatoms. The molecule has 0 unspecified atom stereocenters. The number of thiophene rings is 1. The molecule has 0 saturated heterocycles. The van der Waals surface area contributed by atoms with Crippen molar-refractivity contribution in [2.24, 2.45) is 7.05 Å². The number of allylic oxidation sites excluding steroid dienone is 3. The van der Waals surface area contributed by atoms with Crippen molar-refractivity contribution < 1.29 is 14.0 Å². The van der Waals surface area contributed by atoms with E-state index >= 15 is 4.39 Å². The molecule has 1 aromatic carbocycles. The molecule has 0 aliphatic heterocycles. The summed E-state index contributed by atoms with van der Waals surface area (Å²) in [5.41, 5.74) is 4.17. The molecule has 0 radical (unpaired) electrons. The van der Waals surface area contributed by atoms with Crippen LogP contribution in [0.5, 0.6) is 0 Å². The summed E-state index contributed by atoms with van der Waals surface area (Å²) < 4.78 is 18.1. The van der Waals surface area contributed by atoms with Gasteiger partial charge in [0.2, 0.25) is 11.8 Å². The number of aromatic nitrogens is 3. The van der Waals surface area contributed by atoms with Crippen molar-refractivity contribution in [3.8, 4) is 10.7 Å². The summed E-state index contributed by atoms with van der Waals surface area (Å²) in [5, 5.41) is 2.60. The van der Waals surface area contributed by atoms with Crippen molar-refractivity contribution in [1.82, 2.24) is 19.4 Å². The molecule has 7 nitrogen and oxygen atoms in total. The third-order valence-electron chi connectivity index (χ3n) is 6.20. The molecule has 0 aliphatic rings. The maximum atomic E-state index is 15.1. The highest BCUT2D eigenvalue weighted by Crippen LogP contribution is 2.38. The van der Waals surface area contributed by atoms with E-state index in [0.29, 0.717) is 17.7 Å². The summed E-state index contributed by atoms with van der Waals surface area (Å²) in [6.45, 7) is 9.28. The summed E-state index contributed by atoms with van der Waals surface area (Å²) in [4.78, 5) is 36.2. The third-order valence-corrected chi connectivity index (χ3v) is 7.55. The van der Waals surface area contributed by atoms with Gasteiger partial charge in [-0.3, -0.25) is 14.6 Å². The lowest BCUT2D eigenvalue weighted by Gasteiger charge is -2.18. The molecule has 0 aliphatic carbocycles. The number of hydrogen-bond acceptors (Lipinski definition) is 5. The van der Waals surface area contributed by atoms with Gasteiger partial charge < -0.3 is 14.8 Å². The van der Waals surface area contributed by atoms with Gasteiger partial charge in [-0.25, -0.2) is 9.37 Å². The van der Waals surface area contributed by atoms with Crippen LogP contribution in [0, 0.1) is 12.7 Å². The largest absolute Gasteiger partial charge is 0.333 e. The fourth-order valence-electron chi connectivity index (χ4n) is 4.11. The van der Waals surface area contributed by atoms with E-state index in [0.717, 1.165) is 32.0 Å². The van der Waals surface area contributed by atoms with Gasteiger partial charge in [-0.05, 0) is 54.0 Å². The van der Waals surface area contributed by atoms with Crippen LogP contribution in [-0.2, 0) is 23.1 Å². The number of halogens is 1. The zero-order chi connectivity index (χ0) is 27.4. The number of anilines is 1. The number of nitrogens with one attached hydrogen (secondary N) is 1. The van der Waals surface area contributed by atoms with Crippen molar-refractivity contribution in [3.05, 3.63) is 102 Å². The predicted octanol–water partition coefficient (Wildman–Crippen LogP) is 5.78. The monoisotopic (exact) mass is 529 g/mol. The molecule has 38 heavy (non-hydrogen) atoms. The minimum absolute atomic E-state index is 0.279. The van der Waals surface area contributed by atoms with Gasteiger partial charge in [-0.2, -0.15) is 0 Å². The number of amides is 2. The smallest absolute Gasteiger partial charge is 0.236 e. The Labute approximate surface area is 224 Å². The SMILES string of the molecule is C=C/C=C(\C=C)N(C)C(=O)CC(=O)Nc1ccc(Cc2ccnc3c(C)c(-c4nccn4C)sc23)c(F)c1. The number of aryl methyl sites for hydroxylation is 2. The van der Waals surface area contributed by atoms with Crippen molar-refractivity contribution in [1.29, 1.82) is 0 Å². The zero-order valence-corrected chi connectivity index (χ0v) is 22.3. The van der Waals surface area contributed by atoms with Gasteiger partial charge in [-0.1, -0.05) is 25.3 Å². The number of fused-ring (bicyclic) bond motifs is 1. The molecule has 3 aromatic heterocycles. The molecule has 1 N–H and O–H groups in total. The molecular formula is C29H28FN5O2S. The fourth-order valence-corrected chi connectivity index (χ4v) is 5.42. The summed E-state index contributed by atoms with van der Waals surface area (Å²) in [7, 11) is 3.49. The Kier molecular flexibility index (Phi) is 7.97. The lowest BCUT2D eigenvalue weighted by molar-refractivity contribution is -0.131. The first-order valence-corrected chi connectivity index (χ1v) is 12.7. The van der Waals surface area contributed by atoms with Crippen LogP contribution in [0.4, 0.5) is 10.1 Å². The minimum atomic E-state index is -0.539. The average Bonchev–Trinajstić information content (AvgIpc) is 3.46. The second-order valence-corrected chi connectivity index (χ2v) is 9.78. The van der Waals surface area contributed by atoms with Crippen LogP contribution in [0.25, 0.3) is 20.9 Å². The fraction of sp³-hybridized carbons (Fsp3) is 0.172. The van der Waals surface area contributed by atoms with Crippen LogP contribution in [-0.4, -0.2) is 38.3 Å². The molecule has 2 amide bonds. The number of likely N-dealkylation sites (N-methyl/N-ethyl adjacent to an activating group) is 1. The molecule has 4 rings (SSSR count). The Morgan fingerprint density at radius 1 is 1.18 bits per heavy atom. The number of benzene rings is 1. The second kappa shape index (κ2) is 11.4. The maximum absolute atomic E-state index is 15.1. The standard InChI is InChI=1S/C29H28FN5O2S/c1-6-8-22(7-2)35(5)25(37)17-24(36)33-21-10-9-19(23(30)16-21)15-20-11-12-31-26-18(3)27(38-28(20)26)29-32-13-14-34(29)4/h6-14,16H,1-2,15,17H2,3-5H3,(H,33,36)/b22-8+. The summed E-state index contributed by atoms with van der Waals surface area (Å²) >= 11 is 1.60. The van der Waals surface area contributed by atoms with Gasteiger partial charge in [0.25, 0.3) is 0 Å². The third kappa shape index (κ3) is 5.47. The Hall–Kier alpha value is -4.37. The average molecular weight is 530 g/mol. The highest BCUT2D eigenvalue weighted by Gasteiger charge is 2.19. The number of rotatable bonds is 9. The molecule has 4 aromatic rings. The first kappa shape index (κ1) is 26.7. The Balaban J connectivity index is 1.50. The van der Waals surface area contributed by atoms with Gasteiger partial charge in [0.05, 0.1) is 15.1 Å². The molecule has 0 saturated carbocycles. The van der Waals surface area contributed by atoms with Crippen molar-refractivity contribution >= 4 is 39.1 Å². The molecule has 0 atom stereocenters. The van der Waals surface area contributed by atoms with Crippen LogP contribution in [0.3, 0.4) is 0 Å². The van der Waals surface area contributed by atoms with Gasteiger partial charge in [-0.15, -0.1) is 11.3 Å². The summed E-state index contributed by atoms with van der Waals surface area (Å²) in [6.07, 6.45) is 10.0. The number of imidazole rings is 1. The Morgan fingerprint density at radius 3 is 2.63 bits per heavy atom. The molecule has 3 heterocycles. The predicted molar refractivity (Wildman–Crippen MR) is 150 cm³/mol. The van der Waals surface area contributed by atoms with Gasteiger partial charge in [0.1, 0.15) is 18.1 Å². The number of pyridine rings is 1. The summed E-state index contributed by atoms with van der Waals surface area (Å²) in [6, 6.07) is 6.45. The van der Waals surface area contributed by atoms with Gasteiger partial charge in [0.15, 0.2) is 0 Å². The lowest BCUT2D eigenvalue weighted by atomic mass is 10.0. The first-order valence-electron chi connectivity index (χ1n) is 11.9. The van der Waals surface area contributed by atoms with E-state index < -0.39 is 24.1 Å². The molecule has 194 valence electrons. The second-order valence-electron chi connectivity index (χ2n) is 8.76. The lowest BCUT2D eigenvalue weighted by Crippen LogP contribution is -2.29. The van der Waals surface area contributed by atoms with E-state index in [1.54, 1.807) is 49.0 Å². The first-order chi connectivity index (χ1) is 18.2. The van der Waals surface area contributed by atoms with E-state index in [-0.39, 0.29) is 5.69 Å². The minimum Gasteiger partial charge on any atom is -0.333 e. The van der Waals surface area contributed by atoms with Crippen LogP contribution in [0.15, 0.2) is 79.9 Å². The Bertz CT molecular complexity index is 1580. The molecule has 0 fully saturated rings. The molecular weight excluding hydrogens is 501 g/mol. The quantitative estimate of drug-likeness (QED) is 0.220. The number of carbonyl (C=O) groups is 2. The molecule has 0 spiro atoms. The number of nitrogens with zero attached hydrogens (tertiary/aromatic N) is 4. The Morgan fingerprint density at radius 2 is 1.97 bits per heavy atom. The van der Waals surface area contributed by atoms with Gasteiger partial charge >= 0.3 is 0 Å². The van der Waals surface area contributed by atoms with Crippen molar-refractivity contribution in [2.45, 2.75) is 19.8 Å². The zero-order valence-electron chi connectivity index (χ0n) is 21.5. The normalized spacial score (nSPS) is 11.4. The number of carbonyl (C=O) groups excluding carboxylic acids is 2. The highest BCUT2D eigenvalue weighted by molar-refractivity contribution is 7.22. The topological polar surface area (TPSA) is 80.1 Å². The van der Waals surface area contributed by atoms with Crippen molar-refractivity contribution in [3.63, 3.8) is 0 Å². The van der Waals surface area contributed by atoms with Crippen molar-refractivity contribution in [2.75, 3.05) is 12.4 Å². The van der Waals surface area contributed by atoms with Crippen LogP contribution < -0.4 is 5.32 Å². The van der Waals surface area contributed by atoms with Gasteiger partial charge in [0, 0.05) is 50.5 Å². The highest BCUT2D eigenvalue weighted by atomic mass is 32.1. The van der Waals surface area contributed by atoms with E-state index in [1.807, 2.05) is 30.8 Å². The maximum Gasteiger partial charge on any atom is 0.236 e. The van der Waals surface area contributed by atoms with E-state index in [2.05, 4.69) is 28.4 Å². The van der Waals surface area contributed by atoms with E-state index in [4.69, 9.17) is 0 Å². The van der Waals surface area contributed by atoms with E-state index in [9.17, 15) is 9.59 Å². The molecule has 0 bridgehead atoms. The van der Waals surface area contributed by atoms with Crippen LogP contribution in [0.2, 0.25) is 0 Å². The van der Waals surface area contributed by atoms with E-state index in [1.165, 1.54) is 23.1 Å². The van der Waals surface area contributed by atoms with Crippen LogP contribution in [0.1, 0.15) is 23.1 Å². The summed E-state index contributed by atoms with van der Waals surface area (Å²) in [5.74, 6) is -0.547.